The Balaban J connectivity index is 1.77. The Morgan fingerprint density at radius 2 is 1.96 bits per heavy atom. The number of nitrogens with zero attached hydrogens (tertiary/aromatic N) is 1. The number of carbonyl (C=O) groups excluding carboxylic acids is 1. The molecule has 0 bridgehead atoms. The number of amides is 1. The van der Waals surface area contributed by atoms with Crippen LogP contribution in [0.4, 0.5) is 8.78 Å². The molecule has 0 saturated carbocycles. The zero-order valence-corrected chi connectivity index (χ0v) is 13.1. The van der Waals surface area contributed by atoms with Gasteiger partial charge in [-0.1, -0.05) is 30.3 Å². The minimum atomic E-state index is -0.550. The molecule has 0 aliphatic carbocycles. The molecular weight excluding hydrogens is 316 g/mol. The van der Waals surface area contributed by atoms with Crippen molar-refractivity contribution >= 4 is 23.7 Å². The summed E-state index contributed by atoms with van der Waals surface area (Å²) in [7, 11) is 0. The fourth-order valence-corrected chi connectivity index (χ4v) is 3.75. The van der Waals surface area contributed by atoms with Gasteiger partial charge in [0.1, 0.15) is 17.0 Å². The standard InChI is InChI=1S/C18H15F2NOS/c19-15-7-8-16(20)14(12-15)6-9-17(22)21-10-11-23-18(21)13-4-2-1-3-5-13/h1-9,12,18H,10-11H2/b9-6+. The molecule has 1 heterocycles. The average molecular weight is 331 g/mol. The maximum atomic E-state index is 13.6. The maximum Gasteiger partial charge on any atom is 0.247 e. The Morgan fingerprint density at radius 3 is 2.74 bits per heavy atom. The summed E-state index contributed by atoms with van der Waals surface area (Å²) in [5.41, 5.74) is 1.13. The van der Waals surface area contributed by atoms with Gasteiger partial charge in [0.25, 0.3) is 0 Å². The third kappa shape index (κ3) is 3.62. The largest absolute Gasteiger partial charge is 0.322 e. The minimum Gasteiger partial charge on any atom is -0.322 e. The summed E-state index contributed by atoms with van der Waals surface area (Å²) in [6.45, 7) is 0.638. The monoisotopic (exact) mass is 331 g/mol. The van der Waals surface area contributed by atoms with Gasteiger partial charge < -0.3 is 4.90 Å². The van der Waals surface area contributed by atoms with E-state index in [4.69, 9.17) is 0 Å². The second kappa shape index (κ2) is 6.96. The minimum absolute atomic E-state index is 0.0364. The van der Waals surface area contributed by atoms with Crippen molar-refractivity contribution in [3.63, 3.8) is 0 Å². The van der Waals surface area contributed by atoms with Crippen LogP contribution in [0.15, 0.2) is 54.6 Å². The van der Waals surface area contributed by atoms with E-state index in [1.54, 1.807) is 16.7 Å². The van der Waals surface area contributed by atoms with Crippen LogP contribution in [0.5, 0.6) is 0 Å². The van der Waals surface area contributed by atoms with E-state index in [1.807, 2.05) is 30.3 Å². The lowest BCUT2D eigenvalue weighted by atomic mass is 10.1. The molecule has 5 heteroatoms. The summed E-state index contributed by atoms with van der Waals surface area (Å²) in [5, 5.41) is -0.0364. The summed E-state index contributed by atoms with van der Waals surface area (Å²) < 4.78 is 26.7. The number of hydrogen-bond acceptors (Lipinski definition) is 2. The Labute approximate surface area is 137 Å². The summed E-state index contributed by atoms with van der Waals surface area (Å²) in [5.74, 6) is -0.427. The number of carbonyl (C=O) groups is 1. The molecule has 1 fully saturated rings. The predicted molar refractivity (Wildman–Crippen MR) is 88.7 cm³/mol. The molecule has 0 N–H and O–H groups in total. The first-order valence-electron chi connectivity index (χ1n) is 7.25. The van der Waals surface area contributed by atoms with Gasteiger partial charge in [-0.3, -0.25) is 4.79 Å². The molecule has 2 aromatic rings. The van der Waals surface area contributed by atoms with Gasteiger partial charge in [0.05, 0.1) is 0 Å². The van der Waals surface area contributed by atoms with Crippen LogP contribution in [-0.4, -0.2) is 23.1 Å². The highest BCUT2D eigenvalue weighted by molar-refractivity contribution is 7.99. The second-order valence-electron chi connectivity index (χ2n) is 5.16. The fourth-order valence-electron chi connectivity index (χ4n) is 2.49. The SMILES string of the molecule is O=C(/C=C/c1cc(F)ccc1F)N1CCSC1c1ccccc1. The average Bonchev–Trinajstić information content (AvgIpc) is 3.06. The molecule has 1 amide bonds. The Bertz CT molecular complexity index is 733. The van der Waals surface area contributed by atoms with Gasteiger partial charge in [-0.2, -0.15) is 0 Å². The Hall–Kier alpha value is -2.14. The zero-order chi connectivity index (χ0) is 16.2. The van der Waals surface area contributed by atoms with Gasteiger partial charge in [0.2, 0.25) is 5.91 Å². The second-order valence-corrected chi connectivity index (χ2v) is 6.35. The molecule has 2 aromatic carbocycles. The first kappa shape index (κ1) is 15.7. The number of benzene rings is 2. The van der Waals surface area contributed by atoms with E-state index < -0.39 is 11.6 Å². The molecule has 1 aliphatic rings. The molecule has 1 atom stereocenters. The van der Waals surface area contributed by atoms with Crippen LogP contribution in [0.25, 0.3) is 6.08 Å². The van der Waals surface area contributed by atoms with Crippen molar-refractivity contribution in [1.29, 1.82) is 0 Å². The van der Waals surface area contributed by atoms with Crippen molar-refractivity contribution in [2.75, 3.05) is 12.3 Å². The first-order chi connectivity index (χ1) is 11.1. The number of halogens is 2. The molecule has 2 nitrogen and oxygen atoms in total. The number of thioether (sulfide) groups is 1. The normalized spacial score (nSPS) is 17.8. The van der Waals surface area contributed by atoms with Crippen LogP contribution >= 0.6 is 11.8 Å². The molecule has 118 valence electrons. The van der Waals surface area contributed by atoms with E-state index >= 15 is 0 Å². The quantitative estimate of drug-likeness (QED) is 0.784. The fraction of sp³-hybridized carbons (Fsp3) is 0.167. The summed E-state index contributed by atoms with van der Waals surface area (Å²) in [4.78, 5) is 14.2. The lowest BCUT2D eigenvalue weighted by Crippen LogP contribution is -2.28. The maximum absolute atomic E-state index is 13.6. The van der Waals surface area contributed by atoms with Gasteiger partial charge in [0, 0.05) is 23.9 Å². The van der Waals surface area contributed by atoms with Crippen molar-refractivity contribution in [3.8, 4) is 0 Å². The topological polar surface area (TPSA) is 20.3 Å². The highest BCUT2D eigenvalue weighted by atomic mass is 32.2. The van der Waals surface area contributed by atoms with Crippen molar-refractivity contribution in [2.45, 2.75) is 5.37 Å². The number of rotatable bonds is 3. The Morgan fingerprint density at radius 1 is 1.17 bits per heavy atom. The van der Waals surface area contributed by atoms with E-state index in [0.717, 1.165) is 29.5 Å². The van der Waals surface area contributed by atoms with Crippen LogP contribution in [-0.2, 0) is 4.79 Å². The third-order valence-corrected chi connectivity index (χ3v) is 4.88. The van der Waals surface area contributed by atoms with Crippen LogP contribution in [0.1, 0.15) is 16.5 Å². The van der Waals surface area contributed by atoms with Crippen molar-refractivity contribution < 1.29 is 13.6 Å². The smallest absolute Gasteiger partial charge is 0.247 e. The highest BCUT2D eigenvalue weighted by Crippen LogP contribution is 2.37. The van der Waals surface area contributed by atoms with E-state index in [9.17, 15) is 13.6 Å². The van der Waals surface area contributed by atoms with Crippen LogP contribution < -0.4 is 0 Å². The van der Waals surface area contributed by atoms with Crippen molar-refractivity contribution in [3.05, 3.63) is 77.4 Å². The molecule has 1 saturated heterocycles. The van der Waals surface area contributed by atoms with Crippen LogP contribution in [0, 0.1) is 11.6 Å². The Kier molecular flexibility index (Phi) is 4.76. The third-order valence-electron chi connectivity index (χ3n) is 3.62. The molecular formula is C18H15F2NOS. The van der Waals surface area contributed by atoms with Crippen molar-refractivity contribution in [2.24, 2.45) is 0 Å². The first-order valence-corrected chi connectivity index (χ1v) is 8.30. The molecule has 3 rings (SSSR count). The van der Waals surface area contributed by atoms with Crippen LogP contribution in [0.3, 0.4) is 0 Å². The molecule has 0 radical (unpaired) electrons. The van der Waals surface area contributed by atoms with Crippen molar-refractivity contribution in [1.82, 2.24) is 4.90 Å². The van der Waals surface area contributed by atoms with Gasteiger partial charge in [-0.05, 0) is 29.8 Å². The van der Waals surface area contributed by atoms with Gasteiger partial charge in [-0.15, -0.1) is 11.8 Å². The predicted octanol–water partition coefficient (Wildman–Crippen LogP) is 4.25. The summed E-state index contributed by atoms with van der Waals surface area (Å²) >= 11 is 1.70. The summed E-state index contributed by atoms with van der Waals surface area (Å²) in [6, 6.07) is 13.0. The molecule has 23 heavy (non-hydrogen) atoms. The number of hydrogen-bond donors (Lipinski definition) is 0. The van der Waals surface area contributed by atoms with E-state index in [-0.39, 0.29) is 16.8 Å². The lowest BCUT2D eigenvalue weighted by molar-refractivity contribution is -0.126. The molecule has 0 spiro atoms. The molecule has 0 aromatic heterocycles. The lowest BCUT2D eigenvalue weighted by Gasteiger charge is -2.22. The van der Waals surface area contributed by atoms with E-state index in [0.29, 0.717) is 6.54 Å². The summed E-state index contributed by atoms with van der Waals surface area (Å²) in [6.07, 6.45) is 2.63. The van der Waals surface area contributed by atoms with Crippen LogP contribution in [0.2, 0.25) is 0 Å². The van der Waals surface area contributed by atoms with Gasteiger partial charge >= 0.3 is 0 Å². The molecule has 1 aliphatic heterocycles. The van der Waals surface area contributed by atoms with Gasteiger partial charge in [0.15, 0.2) is 0 Å². The zero-order valence-electron chi connectivity index (χ0n) is 12.3. The highest BCUT2D eigenvalue weighted by Gasteiger charge is 2.29. The molecule has 1 unspecified atom stereocenters. The van der Waals surface area contributed by atoms with E-state index in [2.05, 4.69) is 0 Å². The van der Waals surface area contributed by atoms with Gasteiger partial charge in [-0.25, -0.2) is 8.78 Å². The van der Waals surface area contributed by atoms with E-state index in [1.165, 1.54) is 12.2 Å².